The first-order valence-electron chi connectivity index (χ1n) is 5.64. The Hall–Kier alpha value is -0.160. The van der Waals surface area contributed by atoms with Crippen LogP contribution in [0.15, 0.2) is 16.9 Å². The maximum Gasteiger partial charge on any atom is 0.225 e. The molecule has 2 aliphatic heterocycles. The van der Waals surface area contributed by atoms with E-state index in [1.807, 2.05) is 12.4 Å². The van der Waals surface area contributed by atoms with Crippen molar-refractivity contribution in [1.29, 1.82) is 0 Å². The zero-order valence-corrected chi connectivity index (χ0v) is 12.0. The lowest BCUT2D eigenvalue weighted by molar-refractivity contribution is 0.475. The van der Waals surface area contributed by atoms with E-state index in [1.165, 1.54) is 25.7 Å². The second-order valence-corrected chi connectivity index (χ2v) is 6.77. The highest BCUT2D eigenvalue weighted by Gasteiger charge is 2.41. The van der Waals surface area contributed by atoms with Gasteiger partial charge in [0.2, 0.25) is 5.95 Å². The summed E-state index contributed by atoms with van der Waals surface area (Å²) in [6, 6.07) is 1.26. The summed E-state index contributed by atoms with van der Waals surface area (Å²) in [5.74, 6) is 0.898. The smallest absolute Gasteiger partial charge is 0.225 e. The SMILES string of the molecule is Brc1cnc(N2C3CCC2CC(Br)C3)nc1. The highest BCUT2D eigenvalue weighted by atomic mass is 79.9. The van der Waals surface area contributed by atoms with Crippen LogP contribution in [-0.2, 0) is 0 Å². The molecule has 2 aliphatic rings. The van der Waals surface area contributed by atoms with Crippen LogP contribution in [0.5, 0.6) is 0 Å². The summed E-state index contributed by atoms with van der Waals surface area (Å²) in [5.41, 5.74) is 0. The predicted octanol–water partition coefficient (Wildman–Crippen LogP) is 3.13. The van der Waals surface area contributed by atoms with E-state index in [0.717, 1.165) is 10.4 Å². The van der Waals surface area contributed by atoms with E-state index >= 15 is 0 Å². The maximum atomic E-state index is 4.42. The lowest BCUT2D eigenvalue weighted by atomic mass is 10.0. The third-order valence-electron chi connectivity index (χ3n) is 3.51. The Labute approximate surface area is 112 Å². The van der Waals surface area contributed by atoms with Crippen molar-refractivity contribution in [1.82, 2.24) is 9.97 Å². The average molecular weight is 347 g/mol. The molecule has 1 aromatic heterocycles. The summed E-state index contributed by atoms with van der Waals surface area (Å²) in [6.07, 6.45) is 8.67. The summed E-state index contributed by atoms with van der Waals surface area (Å²) in [7, 11) is 0. The minimum Gasteiger partial charge on any atom is -0.335 e. The third kappa shape index (κ3) is 1.88. The van der Waals surface area contributed by atoms with Gasteiger partial charge >= 0.3 is 0 Å². The van der Waals surface area contributed by atoms with Gasteiger partial charge in [-0.2, -0.15) is 0 Å². The first kappa shape index (κ1) is 11.0. The van der Waals surface area contributed by atoms with E-state index in [0.29, 0.717) is 16.9 Å². The number of nitrogens with zero attached hydrogens (tertiary/aromatic N) is 3. The Kier molecular flexibility index (Phi) is 2.92. The van der Waals surface area contributed by atoms with Gasteiger partial charge in [0.05, 0.1) is 4.47 Å². The van der Waals surface area contributed by atoms with E-state index in [1.54, 1.807) is 0 Å². The van der Waals surface area contributed by atoms with Crippen molar-refractivity contribution in [3.63, 3.8) is 0 Å². The number of hydrogen-bond donors (Lipinski definition) is 0. The fourth-order valence-corrected chi connectivity index (χ4v) is 3.94. The summed E-state index contributed by atoms with van der Waals surface area (Å²) < 4.78 is 0.943. The largest absolute Gasteiger partial charge is 0.335 e. The Balaban J connectivity index is 1.88. The molecular weight excluding hydrogens is 334 g/mol. The van der Waals surface area contributed by atoms with Crippen molar-refractivity contribution in [3.8, 4) is 0 Å². The van der Waals surface area contributed by atoms with Gasteiger partial charge in [-0.25, -0.2) is 9.97 Å². The molecule has 2 bridgehead atoms. The van der Waals surface area contributed by atoms with Crippen molar-refractivity contribution in [2.45, 2.75) is 42.6 Å². The van der Waals surface area contributed by atoms with Crippen LogP contribution in [0.25, 0.3) is 0 Å². The van der Waals surface area contributed by atoms with Gasteiger partial charge in [0.1, 0.15) is 0 Å². The van der Waals surface area contributed by atoms with Crippen molar-refractivity contribution >= 4 is 37.8 Å². The minimum absolute atomic E-state index is 0.629. The third-order valence-corrected chi connectivity index (χ3v) is 4.67. The molecule has 0 aliphatic carbocycles. The molecule has 3 nitrogen and oxygen atoms in total. The number of anilines is 1. The monoisotopic (exact) mass is 345 g/mol. The zero-order chi connectivity index (χ0) is 11.1. The van der Waals surface area contributed by atoms with E-state index in [2.05, 4.69) is 46.7 Å². The summed E-state index contributed by atoms with van der Waals surface area (Å²) in [4.78, 5) is 11.9. The van der Waals surface area contributed by atoms with Crippen LogP contribution < -0.4 is 4.90 Å². The molecule has 2 atom stereocenters. The van der Waals surface area contributed by atoms with E-state index < -0.39 is 0 Å². The second-order valence-electron chi connectivity index (χ2n) is 4.56. The number of aromatic nitrogens is 2. The predicted molar refractivity (Wildman–Crippen MR) is 71.0 cm³/mol. The van der Waals surface area contributed by atoms with Crippen LogP contribution in [0, 0.1) is 0 Å². The molecule has 0 radical (unpaired) electrons. The molecule has 3 rings (SSSR count). The number of fused-ring (bicyclic) bond motifs is 2. The molecule has 0 amide bonds. The summed E-state index contributed by atoms with van der Waals surface area (Å²) >= 11 is 7.12. The van der Waals surface area contributed by atoms with Crippen LogP contribution in [0.1, 0.15) is 25.7 Å². The van der Waals surface area contributed by atoms with E-state index in [4.69, 9.17) is 0 Å². The Morgan fingerprint density at radius 3 is 2.25 bits per heavy atom. The molecule has 0 spiro atoms. The molecule has 2 unspecified atom stereocenters. The van der Waals surface area contributed by atoms with Crippen LogP contribution in [0.3, 0.4) is 0 Å². The van der Waals surface area contributed by atoms with Gasteiger partial charge in [-0.05, 0) is 41.6 Å². The van der Waals surface area contributed by atoms with Crippen molar-refractivity contribution < 1.29 is 0 Å². The molecular formula is C11H13Br2N3. The van der Waals surface area contributed by atoms with E-state index in [9.17, 15) is 0 Å². The van der Waals surface area contributed by atoms with Crippen LogP contribution in [0.4, 0.5) is 5.95 Å². The highest BCUT2D eigenvalue weighted by molar-refractivity contribution is 9.10. The Morgan fingerprint density at radius 1 is 1.12 bits per heavy atom. The maximum absolute atomic E-state index is 4.42. The van der Waals surface area contributed by atoms with Gasteiger partial charge in [-0.1, -0.05) is 15.9 Å². The van der Waals surface area contributed by atoms with Crippen LogP contribution >= 0.6 is 31.9 Å². The first-order chi connectivity index (χ1) is 7.74. The Morgan fingerprint density at radius 2 is 1.69 bits per heavy atom. The molecule has 2 fully saturated rings. The fourth-order valence-electron chi connectivity index (χ4n) is 2.88. The van der Waals surface area contributed by atoms with Gasteiger partial charge < -0.3 is 4.90 Å². The van der Waals surface area contributed by atoms with Gasteiger partial charge in [0, 0.05) is 29.3 Å². The molecule has 0 aromatic carbocycles. The van der Waals surface area contributed by atoms with E-state index in [-0.39, 0.29) is 0 Å². The second kappa shape index (κ2) is 4.26. The van der Waals surface area contributed by atoms with Crippen LogP contribution in [-0.4, -0.2) is 26.9 Å². The summed E-state index contributed by atoms with van der Waals surface area (Å²) in [5, 5.41) is 0. The summed E-state index contributed by atoms with van der Waals surface area (Å²) in [6.45, 7) is 0. The molecule has 0 saturated carbocycles. The quantitative estimate of drug-likeness (QED) is 0.731. The van der Waals surface area contributed by atoms with Crippen molar-refractivity contribution in [3.05, 3.63) is 16.9 Å². The molecule has 1 aromatic rings. The van der Waals surface area contributed by atoms with Crippen molar-refractivity contribution in [2.75, 3.05) is 4.90 Å². The molecule has 3 heterocycles. The van der Waals surface area contributed by atoms with Crippen molar-refractivity contribution in [2.24, 2.45) is 0 Å². The molecule has 16 heavy (non-hydrogen) atoms. The molecule has 2 saturated heterocycles. The number of alkyl halides is 1. The lowest BCUT2D eigenvalue weighted by Crippen LogP contribution is -2.44. The minimum atomic E-state index is 0.629. The Bertz CT molecular complexity index is 367. The van der Waals surface area contributed by atoms with Gasteiger partial charge in [-0.3, -0.25) is 0 Å². The first-order valence-corrected chi connectivity index (χ1v) is 7.35. The van der Waals surface area contributed by atoms with Crippen LogP contribution in [0.2, 0.25) is 0 Å². The number of rotatable bonds is 1. The number of piperidine rings is 1. The van der Waals surface area contributed by atoms with Gasteiger partial charge in [0.15, 0.2) is 0 Å². The topological polar surface area (TPSA) is 29.0 Å². The average Bonchev–Trinajstić information content (AvgIpc) is 2.54. The zero-order valence-electron chi connectivity index (χ0n) is 8.81. The fraction of sp³-hybridized carbons (Fsp3) is 0.636. The number of halogens is 2. The standard InChI is InChI=1S/C11H13Br2N3/c12-7-3-9-1-2-10(4-7)16(9)11-14-5-8(13)6-15-11/h5-7,9-10H,1-4H2. The highest BCUT2D eigenvalue weighted by Crippen LogP contribution is 2.40. The van der Waals surface area contributed by atoms with Gasteiger partial charge in [0.25, 0.3) is 0 Å². The van der Waals surface area contributed by atoms with Gasteiger partial charge in [-0.15, -0.1) is 0 Å². The molecule has 0 N–H and O–H groups in total. The lowest BCUT2D eigenvalue weighted by Gasteiger charge is -2.37. The molecule has 5 heteroatoms. The number of hydrogen-bond acceptors (Lipinski definition) is 3. The normalized spacial score (nSPS) is 33.1. The molecule has 86 valence electrons.